The zero-order valence-corrected chi connectivity index (χ0v) is 13.5. The summed E-state index contributed by atoms with van der Waals surface area (Å²) >= 11 is 0. The van der Waals surface area contributed by atoms with Gasteiger partial charge in [-0.05, 0) is 19.1 Å². The van der Waals surface area contributed by atoms with Gasteiger partial charge in [-0.2, -0.15) is 8.42 Å². The van der Waals surface area contributed by atoms with Gasteiger partial charge in [0.05, 0.1) is 26.0 Å². The number of benzene rings is 1. The Labute approximate surface area is 125 Å². The Hall–Kier alpha value is -1.44. The maximum absolute atomic E-state index is 12.2. The number of carbonyl (C=O) groups excluding carboxylic acids is 1. The zero-order chi connectivity index (χ0) is 16.3. The first-order valence-electron chi connectivity index (χ1n) is 6.50. The summed E-state index contributed by atoms with van der Waals surface area (Å²) < 4.78 is 29.8. The number of aryl methyl sites for hydroxylation is 1. The number of hydrogen-bond acceptors (Lipinski definition) is 5. The highest BCUT2D eigenvalue weighted by atomic mass is 32.2. The molecule has 0 saturated carbocycles. The van der Waals surface area contributed by atoms with Crippen LogP contribution in [0.3, 0.4) is 0 Å². The van der Waals surface area contributed by atoms with Gasteiger partial charge in [0, 0.05) is 12.4 Å². The van der Waals surface area contributed by atoms with Gasteiger partial charge in [-0.1, -0.05) is 17.7 Å². The molecule has 1 atom stereocenters. The third-order valence-electron chi connectivity index (χ3n) is 2.72. The Morgan fingerprint density at radius 2 is 1.76 bits per heavy atom. The lowest BCUT2D eigenvalue weighted by Crippen LogP contribution is -2.45. The van der Waals surface area contributed by atoms with Crippen molar-refractivity contribution in [2.75, 3.05) is 27.7 Å². The smallest absolute Gasteiger partial charge is 0.297 e. The number of likely N-dealkylation sites (N-methyl/N-ethyl adjacent to an activating group) is 1. The quantitative estimate of drug-likeness (QED) is 0.519. The Morgan fingerprint density at radius 3 is 2.19 bits per heavy atom. The highest BCUT2D eigenvalue weighted by Crippen LogP contribution is 2.17. The van der Waals surface area contributed by atoms with E-state index < -0.39 is 28.6 Å². The maximum Gasteiger partial charge on any atom is 0.297 e. The van der Waals surface area contributed by atoms with Crippen LogP contribution in [0.4, 0.5) is 0 Å². The average Bonchev–Trinajstić information content (AvgIpc) is 2.25. The fraction of sp³-hybridized carbons (Fsp3) is 0.500. The Balaban J connectivity index is 2.95. The normalized spacial score (nSPS) is 13.9. The van der Waals surface area contributed by atoms with Gasteiger partial charge in [-0.15, -0.1) is 0 Å². The van der Waals surface area contributed by atoms with Gasteiger partial charge in [0.15, 0.2) is 0 Å². The van der Waals surface area contributed by atoms with Gasteiger partial charge >= 0.3 is 0 Å². The molecule has 0 heterocycles. The summed E-state index contributed by atoms with van der Waals surface area (Å²) in [7, 11) is 1.48. The van der Waals surface area contributed by atoms with Gasteiger partial charge in [0.2, 0.25) is 0 Å². The van der Waals surface area contributed by atoms with E-state index in [1.54, 1.807) is 12.1 Å². The molecule has 118 valence electrons. The summed E-state index contributed by atoms with van der Waals surface area (Å²) in [6.45, 7) is 2.08. The molecule has 0 fully saturated rings. The largest absolute Gasteiger partial charge is 0.550 e. The second-order valence-electron chi connectivity index (χ2n) is 6.03. The van der Waals surface area contributed by atoms with Crippen LogP contribution in [0.15, 0.2) is 29.2 Å². The van der Waals surface area contributed by atoms with Crippen LogP contribution in [0.25, 0.3) is 0 Å². The second-order valence-corrected chi connectivity index (χ2v) is 7.61. The Bertz CT molecular complexity index is 587. The van der Waals surface area contributed by atoms with Crippen molar-refractivity contribution in [3.8, 4) is 0 Å². The third-order valence-corrected chi connectivity index (χ3v) is 4.09. The van der Waals surface area contributed by atoms with Crippen molar-refractivity contribution in [2.24, 2.45) is 0 Å². The van der Waals surface area contributed by atoms with E-state index in [1.807, 2.05) is 28.1 Å². The summed E-state index contributed by atoms with van der Waals surface area (Å²) in [6.07, 6.45) is -1.44. The zero-order valence-electron chi connectivity index (χ0n) is 12.7. The highest BCUT2D eigenvalue weighted by molar-refractivity contribution is 7.86. The monoisotopic (exact) mass is 315 g/mol. The summed E-state index contributed by atoms with van der Waals surface area (Å²) in [5.41, 5.74) is 0.923. The van der Waals surface area contributed by atoms with Crippen LogP contribution in [-0.2, 0) is 19.1 Å². The van der Waals surface area contributed by atoms with E-state index in [4.69, 9.17) is 4.18 Å². The lowest BCUT2D eigenvalue weighted by atomic mass is 10.2. The molecule has 0 radical (unpaired) electrons. The molecule has 0 aliphatic heterocycles. The fourth-order valence-corrected chi connectivity index (χ4v) is 2.93. The van der Waals surface area contributed by atoms with Crippen LogP contribution < -0.4 is 5.11 Å². The van der Waals surface area contributed by atoms with E-state index >= 15 is 0 Å². The van der Waals surface area contributed by atoms with Gasteiger partial charge in [-0.3, -0.25) is 4.18 Å². The van der Waals surface area contributed by atoms with Crippen LogP contribution in [0.2, 0.25) is 0 Å². The predicted molar refractivity (Wildman–Crippen MR) is 75.8 cm³/mol. The topological polar surface area (TPSA) is 83.5 Å². The molecule has 0 spiro atoms. The molecule has 7 heteroatoms. The third kappa shape index (κ3) is 6.24. The molecule has 6 nitrogen and oxygen atoms in total. The fourth-order valence-electron chi connectivity index (χ4n) is 1.87. The van der Waals surface area contributed by atoms with Crippen LogP contribution >= 0.6 is 0 Å². The average molecular weight is 315 g/mol. The number of carbonyl (C=O) groups is 1. The number of carboxylic acid groups (broad SMARTS) is 1. The van der Waals surface area contributed by atoms with Gasteiger partial charge in [-0.25, -0.2) is 0 Å². The SMILES string of the molecule is Cc1ccc(S(=O)(=O)OC(CC(=O)[O-])C[N+](C)(C)C)cc1. The molecule has 1 rings (SSSR count). The van der Waals surface area contributed by atoms with Crippen molar-refractivity contribution in [1.29, 1.82) is 0 Å². The van der Waals surface area contributed by atoms with Crippen molar-refractivity contribution in [2.45, 2.75) is 24.3 Å². The molecule has 0 aliphatic rings. The standard InChI is InChI=1S/C14H21NO5S/c1-11-5-7-13(8-6-11)21(18,19)20-12(9-14(16)17)10-15(2,3)4/h5-8,12H,9-10H2,1-4H3. The summed E-state index contributed by atoms with van der Waals surface area (Å²) in [5, 5.41) is 10.8. The maximum atomic E-state index is 12.2. The second kappa shape index (κ2) is 6.55. The van der Waals surface area contributed by atoms with Crippen molar-refractivity contribution >= 4 is 16.1 Å². The first-order valence-corrected chi connectivity index (χ1v) is 7.91. The molecule has 1 unspecified atom stereocenters. The molecule has 0 N–H and O–H groups in total. The molecule has 1 aromatic rings. The summed E-state index contributed by atoms with van der Waals surface area (Å²) in [6, 6.07) is 6.19. The molecule has 1 aromatic carbocycles. The lowest BCUT2D eigenvalue weighted by Gasteiger charge is -2.29. The number of nitrogens with zero attached hydrogens (tertiary/aromatic N) is 1. The number of quaternary nitrogens is 1. The van der Waals surface area contributed by atoms with Gasteiger partial charge < -0.3 is 14.4 Å². The summed E-state index contributed by atoms with van der Waals surface area (Å²) in [4.78, 5) is 10.8. The van der Waals surface area contributed by atoms with E-state index in [0.29, 0.717) is 4.48 Å². The van der Waals surface area contributed by atoms with Gasteiger partial charge in [0.25, 0.3) is 10.1 Å². The number of carboxylic acids is 1. The first-order chi connectivity index (χ1) is 9.49. The molecular formula is C14H21NO5S. The van der Waals surface area contributed by atoms with E-state index in [0.717, 1.165) is 5.56 Å². The van der Waals surface area contributed by atoms with Crippen molar-refractivity contribution in [3.63, 3.8) is 0 Å². The van der Waals surface area contributed by atoms with Crippen molar-refractivity contribution < 1.29 is 27.0 Å². The van der Waals surface area contributed by atoms with Crippen LogP contribution in [0.5, 0.6) is 0 Å². The molecular weight excluding hydrogens is 294 g/mol. The van der Waals surface area contributed by atoms with Crippen LogP contribution in [0, 0.1) is 6.92 Å². The Kier molecular flexibility index (Phi) is 5.49. The molecule has 0 amide bonds. The van der Waals surface area contributed by atoms with E-state index in [-0.39, 0.29) is 11.4 Å². The predicted octanol–water partition coefficient (Wildman–Crippen LogP) is -0.0849. The van der Waals surface area contributed by atoms with E-state index in [9.17, 15) is 18.3 Å². The number of aliphatic carboxylic acids is 1. The molecule has 0 saturated heterocycles. The Morgan fingerprint density at radius 1 is 1.24 bits per heavy atom. The van der Waals surface area contributed by atoms with Crippen LogP contribution in [-0.4, -0.2) is 52.7 Å². The van der Waals surface area contributed by atoms with Crippen molar-refractivity contribution in [1.82, 2.24) is 0 Å². The molecule has 0 bridgehead atoms. The molecule has 0 aliphatic carbocycles. The van der Waals surface area contributed by atoms with Crippen molar-refractivity contribution in [3.05, 3.63) is 29.8 Å². The lowest BCUT2D eigenvalue weighted by molar-refractivity contribution is -0.873. The number of rotatable bonds is 7. The van der Waals surface area contributed by atoms with Gasteiger partial charge in [0.1, 0.15) is 12.6 Å². The highest BCUT2D eigenvalue weighted by Gasteiger charge is 2.26. The van der Waals surface area contributed by atoms with E-state index in [2.05, 4.69) is 0 Å². The summed E-state index contributed by atoms with van der Waals surface area (Å²) in [5.74, 6) is -1.34. The number of hydrogen-bond donors (Lipinski definition) is 0. The first kappa shape index (κ1) is 17.6. The molecule has 21 heavy (non-hydrogen) atoms. The molecule has 0 aromatic heterocycles. The van der Waals surface area contributed by atoms with E-state index in [1.165, 1.54) is 12.1 Å². The minimum atomic E-state index is -4.00. The van der Waals surface area contributed by atoms with Crippen LogP contribution in [0.1, 0.15) is 12.0 Å². The minimum Gasteiger partial charge on any atom is -0.550 e. The minimum absolute atomic E-state index is 0.0119.